The van der Waals surface area contributed by atoms with E-state index in [0.717, 1.165) is 18.1 Å². The van der Waals surface area contributed by atoms with E-state index in [9.17, 15) is 14.4 Å². The molecule has 0 aliphatic heterocycles. The second-order valence-corrected chi connectivity index (χ2v) is 8.17. The highest BCUT2D eigenvalue weighted by Crippen LogP contribution is 2.16. The highest BCUT2D eigenvalue weighted by atomic mass is 16.5. The van der Waals surface area contributed by atoms with Crippen molar-refractivity contribution in [2.75, 3.05) is 33.0 Å². The lowest BCUT2D eigenvalue weighted by atomic mass is 10.1. The van der Waals surface area contributed by atoms with E-state index in [1.54, 1.807) is 30.3 Å². The maximum atomic E-state index is 12.5. The number of ether oxygens (including phenoxy) is 4. The summed E-state index contributed by atoms with van der Waals surface area (Å²) in [4.78, 5) is 34.8. The minimum Gasteiger partial charge on any atom is -0.494 e. The molecule has 0 aliphatic rings. The van der Waals surface area contributed by atoms with E-state index in [4.69, 9.17) is 24.1 Å². The lowest BCUT2D eigenvalue weighted by Crippen LogP contribution is -2.11. The summed E-state index contributed by atoms with van der Waals surface area (Å²) in [6.45, 7) is 7.86. The fourth-order valence-corrected chi connectivity index (χ4v) is 3.01. The summed E-state index contributed by atoms with van der Waals surface area (Å²) in [6, 6.07) is 14.3. The van der Waals surface area contributed by atoms with Gasteiger partial charge in [-0.3, -0.25) is 4.79 Å². The molecule has 0 radical (unpaired) electrons. The molecule has 0 saturated carbocycles. The van der Waals surface area contributed by atoms with Crippen molar-refractivity contribution in [3.63, 3.8) is 0 Å². The van der Waals surface area contributed by atoms with Crippen LogP contribution in [0, 0.1) is 0 Å². The quantitative estimate of drug-likeness (QED) is 0.130. The zero-order valence-electron chi connectivity index (χ0n) is 21.4. The van der Waals surface area contributed by atoms with Crippen LogP contribution in [0.4, 0.5) is 0 Å². The molecular formula is C30H34O8. The average Bonchev–Trinajstić information content (AvgIpc) is 2.95. The summed E-state index contributed by atoms with van der Waals surface area (Å²) >= 11 is 0. The van der Waals surface area contributed by atoms with Gasteiger partial charge >= 0.3 is 11.9 Å². The van der Waals surface area contributed by atoms with Gasteiger partial charge in [0.25, 0.3) is 0 Å². The van der Waals surface area contributed by atoms with Gasteiger partial charge < -0.3 is 24.1 Å². The first-order valence-corrected chi connectivity index (χ1v) is 12.4. The van der Waals surface area contributed by atoms with Crippen molar-refractivity contribution in [1.29, 1.82) is 0 Å². The second-order valence-electron chi connectivity index (χ2n) is 8.17. The van der Waals surface area contributed by atoms with Gasteiger partial charge in [0, 0.05) is 11.6 Å². The van der Waals surface area contributed by atoms with E-state index in [2.05, 4.69) is 13.2 Å². The molecule has 0 fully saturated rings. The first kappa shape index (κ1) is 30.1. The molecule has 2 aromatic carbocycles. The zero-order chi connectivity index (χ0) is 27.6. The molecule has 0 unspecified atom stereocenters. The number of carbonyl (C=O) groups is 3. The Morgan fingerprint density at radius 3 is 1.84 bits per heavy atom. The van der Waals surface area contributed by atoms with Crippen LogP contribution in [0.15, 0.2) is 79.4 Å². The minimum absolute atomic E-state index is 0.0370. The molecule has 0 amide bonds. The molecule has 1 N–H and O–H groups in total. The molecule has 0 heterocycles. The predicted molar refractivity (Wildman–Crippen MR) is 144 cm³/mol. The van der Waals surface area contributed by atoms with Crippen LogP contribution in [0.25, 0.3) is 6.08 Å². The first-order valence-electron chi connectivity index (χ1n) is 12.4. The molecule has 0 aliphatic carbocycles. The summed E-state index contributed by atoms with van der Waals surface area (Å²) in [5.41, 5.74) is 1.45. The van der Waals surface area contributed by atoms with Gasteiger partial charge in [-0.15, -0.1) is 0 Å². The molecule has 0 saturated heterocycles. The average molecular weight is 523 g/mol. The van der Waals surface area contributed by atoms with Crippen LogP contribution in [0.2, 0.25) is 0 Å². The number of aliphatic hydroxyl groups is 1. The number of rotatable bonds is 18. The van der Waals surface area contributed by atoms with E-state index < -0.39 is 18.5 Å². The Hall–Kier alpha value is -4.17. The minimum atomic E-state index is -0.587. The molecule has 2 rings (SSSR count). The van der Waals surface area contributed by atoms with Gasteiger partial charge in [0.15, 0.2) is 5.78 Å². The van der Waals surface area contributed by atoms with E-state index in [1.807, 2.05) is 24.3 Å². The molecule has 8 nitrogen and oxygen atoms in total. The number of ketones is 1. The summed E-state index contributed by atoms with van der Waals surface area (Å²) in [7, 11) is 0. The molecule has 202 valence electrons. The van der Waals surface area contributed by atoms with Crippen molar-refractivity contribution < 1.29 is 38.4 Å². The summed E-state index contributed by atoms with van der Waals surface area (Å²) in [5, 5.41) is 8.82. The zero-order valence-corrected chi connectivity index (χ0v) is 21.4. The normalized spacial score (nSPS) is 10.6. The van der Waals surface area contributed by atoms with Crippen LogP contribution in [0.1, 0.15) is 41.6 Å². The number of hydrogen-bond donors (Lipinski definition) is 1. The predicted octanol–water partition coefficient (Wildman–Crippen LogP) is 4.72. The summed E-state index contributed by atoms with van der Waals surface area (Å²) in [6.07, 6.45) is 7.15. The Labute approximate surface area is 223 Å². The van der Waals surface area contributed by atoms with Crippen LogP contribution in [-0.2, 0) is 19.1 Å². The maximum Gasteiger partial charge on any atom is 0.335 e. The van der Waals surface area contributed by atoms with Crippen molar-refractivity contribution in [3.05, 3.63) is 90.5 Å². The Balaban J connectivity index is 1.66. The molecule has 38 heavy (non-hydrogen) atoms. The number of unbranched alkanes of at least 4 members (excludes halogenated alkanes) is 2. The molecule has 0 aromatic heterocycles. The molecule has 8 heteroatoms. The topological polar surface area (TPSA) is 108 Å². The van der Waals surface area contributed by atoms with Gasteiger partial charge in [0.1, 0.15) is 11.5 Å². The van der Waals surface area contributed by atoms with E-state index in [-0.39, 0.29) is 18.0 Å². The number of benzene rings is 2. The fraction of sp³-hybridized carbons (Fsp3) is 0.300. The van der Waals surface area contributed by atoms with Crippen LogP contribution in [0.3, 0.4) is 0 Å². The van der Waals surface area contributed by atoms with Gasteiger partial charge in [-0.2, -0.15) is 0 Å². The lowest BCUT2D eigenvalue weighted by molar-refractivity contribution is -0.140. The molecule has 0 atom stereocenters. The number of hydrogen-bond acceptors (Lipinski definition) is 8. The monoisotopic (exact) mass is 522 g/mol. The first-order chi connectivity index (χ1) is 18.4. The Morgan fingerprint density at radius 2 is 1.29 bits per heavy atom. The Bertz CT molecular complexity index is 1080. The van der Waals surface area contributed by atoms with Crippen LogP contribution >= 0.6 is 0 Å². The number of esters is 2. The van der Waals surface area contributed by atoms with Gasteiger partial charge in [-0.25, -0.2) is 9.59 Å². The maximum absolute atomic E-state index is 12.5. The number of carbonyl (C=O) groups excluding carboxylic acids is 3. The fourth-order valence-electron chi connectivity index (χ4n) is 3.01. The smallest absolute Gasteiger partial charge is 0.335 e. The highest BCUT2D eigenvalue weighted by Gasteiger charge is 2.06. The highest BCUT2D eigenvalue weighted by molar-refractivity contribution is 6.06. The number of allylic oxidation sites excluding steroid dienone is 1. The van der Waals surface area contributed by atoms with Crippen LogP contribution in [0.5, 0.6) is 11.5 Å². The molecule has 2 aromatic rings. The third kappa shape index (κ3) is 11.7. The summed E-state index contributed by atoms with van der Waals surface area (Å²) < 4.78 is 21.2. The Kier molecular flexibility index (Phi) is 13.7. The van der Waals surface area contributed by atoms with E-state index >= 15 is 0 Å². The third-order valence-electron chi connectivity index (χ3n) is 5.18. The molecular weight excluding hydrogens is 488 g/mol. The van der Waals surface area contributed by atoms with Gasteiger partial charge in [0.05, 0.1) is 38.6 Å². The van der Waals surface area contributed by atoms with Crippen molar-refractivity contribution in [3.8, 4) is 11.5 Å². The van der Waals surface area contributed by atoms with E-state index in [1.165, 1.54) is 6.08 Å². The second kappa shape index (κ2) is 17.3. The Morgan fingerprint density at radius 1 is 0.763 bits per heavy atom. The standard InChI is InChI=1S/C30H34O8/c1-3-29(33)37-20-6-4-18-36-27-15-11-25(12-16-27)28(32)17-10-24-8-13-26(14-9-24)35-19-5-7-21-38-30(34)23(2)22-31/h3,8-17,31H,1-2,4-7,18-22H2/b17-10+. The van der Waals surface area contributed by atoms with Crippen molar-refractivity contribution >= 4 is 23.8 Å². The largest absolute Gasteiger partial charge is 0.494 e. The van der Waals surface area contributed by atoms with Crippen LogP contribution < -0.4 is 9.47 Å². The number of aliphatic hydroxyl groups excluding tert-OH is 1. The molecule has 0 bridgehead atoms. The van der Waals surface area contributed by atoms with Gasteiger partial charge in [0.2, 0.25) is 0 Å². The van der Waals surface area contributed by atoms with Crippen LogP contribution in [-0.4, -0.2) is 55.9 Å². The van der Waals surface area contributed by atoms with Gasteiger partial charge in [-0.1, -0.05) is 31.4 Å². The third-order valence-corrected chi connectivity index (χ3v) is 5.18. The lowest BCUT2D eigenvalue weighted by Gasteiger charge is -2.07. The van der Waals surface area contributed by atoms with E-state index in [0.29, 0.717) is 56.1 Å². The SMILES string of the molecule is C=CC(=O)OCCCCOc1ccc(C(=O)/C=C/c2ccc(OCCCCOC(=O)C(=C)CO)cc2)cc1. The van der Waals surface area contributed by atoms with Gasteiger partial charge in [-0.05, 0) is 73.7 Å². The van der Waals surface area contributed by atoms with Crippen molar-refractivity contribution in [2.45, 2.75) is 25.7 Å². The van der Waals surface area contributed by atoms with Crippen molar-refractivity contribution in [1.82, 2.24) is 0 Å². The summed E-state index contributed by atoms with van der Waals surface area (Å²) in [5.74, 6) is 0.227. The molecule has 0 spiro atoms. The van der Waals surface area contributed by atoms with Crippen molar-refractivity contribution in [2.24, 2.45) is 0 Å².